The molecule has 0 spiro atoms. The maximum absolute atomic E-state index is 13.9. The van der Waals surface area contributed by atoms with E-state index < -0.39 is 39.6 Å². The van der Waals surface area contributed by atoms with E-state index in [1.807, 2.05) is 0 Å². The largest absolute Gasteiger partial charge is 0.496 e. The number of carbonyl (C=O) groups excluding carboxylic acids is 3. The number of rotatable bonds is 13. The van der Waals surface area contributed by atoms with Gasteiger partial charge in [0.15, 0.2) is 15.6 Å². The van der Waals surface area contributed by atoms with E-state index in [1.54, 1.807) is 19.9 Å². The van der Waals surface area contributed by atoms with Gasteiger partial charge < -0.3 is 15.4 Å². The first-order valence-corrected chi connectivity index (χ1v) is 15.2. The number of ether oxygens (including phenoxy) is 1. The highest BCUT2D eigenvalue weighted by Crippen LogP contribution is 2.25. The Kier molecular flexibility index (Phi) is 11.6. The number of methoxy groups -OCH3 is 1. The van der Waals surface area contributed by atoms with Crippen molar-refractivity contribution in [3.05, 3.63) is 58.4 Å². The molecule has 12 heteroatoms. The van der Waals surface area contributed by atoms with E-state index in [0.717, 1.165) is 6.26 Å². The third kappa shape index (κ3) is 8.99. The fourth-order valence-electron chi connectivity index (χ4n) is 3.49. The lowest BCUT2D eigenvalue weighted by Gasteiger charge is -2.24. The molecule has 0 saturated heterocycles. The predicted molar refractivity (Wildman–Crippen MR) is 147 cm³/mol. The Morgan fingerprint density at radius 2 is 1.79 bits per heavy atom. The molecule has 0 aliphatic heterocycles. The standard InChI is InChI=1S/C26H32ClFN2O6S2/c1-15(2)25(30-24(32)12-17-11-18(38(5,34)35)9-10-23(17)36-4)26(33)29-16(3)22(31)14-37-13-19-20(27)7-6-8-21(19)28/h6-11,15-16,25H,12-14H2,1-5H3,(H,29,33)(H,30,32)/t16-,25?/m0/s1. The van der Waals surface area contributed by atoms with Gasteiger partial charge in [-0.05, 0) is 43.2 Å². The number of benzene rings is 2. The van der Waals surface area contributed by atoms with Gasteiger partial charge >= 0.3 is 0 Å². The Morgan fingerprint density at radius 3 is 2.37 bits per heavy atom. The number of thioether (sulfide) groups is 1. The van der Waals surface area contributed by atoms with Crippen LogP contribution in [-0.4, -0.2) is 57.2 Å². The van der Waals surface area contributed by atoms with Crippen molar-refractivity contribution in [2.75, 3.05) is 19.1 Å². The Morgan fingerprint density at radius 1 is 1.11 bits per heavy atom. The first-order chi connectivity index (χ1) is 17.7. The topological polar surface area (TPSA) is 119 Å². The number of hydrogen-bond acceptors (Lipinski definition) is 7. The summed E-state index contributed by atoms with van der Waals surface area (Å²) < 4.78 is 43.0. The maximum Gasteiger partial charge on any atom is 0.243 e. The number of halogens is 2. The van der Waals surface area contributed by atoms with Crippen LogP contribution in [0.15, 0.2) is 41.3 Å². The van der Waals surface area contributed by atoms with Crippen LogP contribution in [0.3, 0.4) is 0 Å². The first-order valence-electron chi connectivity index (χ1n) is 11.7. The van der Waals surface area contributed by atoms with Crippen LogP contribution in [0.5, 0.6) is 5.75 Å². The lowest BCUT2D eigenvalue weighted by molar-refractivity contribution is -0.131. The van der Waals surface area contributed by atoms with Crippen molar-refractivity contribution >= 4 is 50.8 Å². The highest BCUT2D eigenvalue weighted by atomic mass is 35.5. The number of nitrogens with one attached hydrogen (secondary N) is 2. The molecule has 0 aliphatic rings. The summed E-state index contributed by atoms with van der Waals surface area (Å²) in [6, 6.07) is 6.82. The summed E-state index contributed by atoms with van der Waals surface area (Å²) in [7, 11) is -2.09. The molecule has 0 aromatic heterocycles. The predicted octanol–water partition coefficient (Wildman–Crippen LogP) is 3.58. The molecule has 0 radical (unpaired) electrons. The summed E-state index contributed by atoms with van der Waals surface area (Å²) in [6.07, 6.45) is 0.848. The van der Waals surface area contributed by atoms with Crippen LogP contribution in [-0.2, 0) is 36.4 Å². The van der Waals surface area contributed by atoms with Crippen molar-refractivity contribution in [2.45, 2.75) is 49.9 Å². The van der Waals surface area contributed by atoms with Crippen LogP contribution in [0.4, 0.5) is 4.39 Å². The number of Topliss-reactive ketones (excluding diaryl/α,β-unsaturated/α-hetero) is 1. The fraction of sp³-hybridized carbons (Fsp3) is 0.423. The van der Waals surface area contributed by atoms with Crippen molar-refractivity contribution in [1.82, 2.24) is 10.6 Å². The van der Waals surface area contributed by atoms with Gasteiger partial charge in [-0.1, -0.05) is 31.5 Å². The van der Waals surface area contributed by atoms with Crippen LogP contribution in [0.25, 0.3) is 0 Å². The van der Waals surface area contributed by atoms with Crippen LogP contribution < -0.4 is 15.4 Å². The van der Waals surface area contributed by atoms with Gasteiger partial charge in [0, 0.05) is 28.2 Å². The van der Waals surface area contributed by atoms with Gasteiger partial charge in [-0.15, -0.1) is 11.8 Å². The molecule has 2 amide bonds. The van der Waals surface area contributed by atoms with Crippen LogP contribution in [0, 0.1) is 11.7 Å². The van der Waals surface area contributed by atoms with Crippen LogP contribution >= 0.6 is 23.4 Å². The van der Waals surface area contributed by atoms with Gasteiger partial charge in [-0.25, -0.2) is 12.8 Å². The van der Waals surface area contributed by atoms with Crippen molar-refractivity contribution in [3.8, 4) is 5.75 Å². The molecule has 2 rings (SSSR count). The third-order valence-electron chi connectivity index (χ3n) is 5.69. The third-order valence-corrected chi connectivity index (χ3v) is 8.14. The molecule has 2 atom stereocenters. The zero-order chi connectivity index (χ0) is 28.6. The van der Waals surface area contributed by atoms with Gasteiger partial charge in [0.25, 0.3) is 0 Å². The van der Waals surface area contributed by atoms with E-state index in [-0.39, 0.29) is 39.5 Å². The second-order valence-corrected chi connectivity index (χ2v) is 12.5. The van der Waals surface area contributed by atoms with Gasteiger partial charge in [-0.2, -0.15) is 0 Å². The summed E-state index contributed by atoms with van der Waals surface area (Å²) in [5.74, 6) is -1.50. The van der Waals surface area contributed by atoms with E-state index >= 15 is 0 Å². The minimum atomic E-state index is -3.49. The Labute approximate surface area is 232 Å². The van der Waals surface area contributed by atoms with Crippen molar-refractivity contribution < 1.29 is 31.9 Å². The van der Waals surface area contributed by atoms with E-state index in [2.05, 4.69) is 10.6 Å². The van der Waals surface area contributed by atoms with Crippen LogP contribution in [0.2, 0.25) is 5.02 Å². The Balaban J connectivity index is 1.99. The molecule has 38 heavy (non-hydrogen) atoms. The lowest BCUT2D eigenvalue weighted by Crippen LogP contribution is -2.53. The number of carbonyl (C=O) groups is 3. The van der Waals surface area contributed by atoms with Gasteiger partial charge in [0.1, 0.15) is 17.6 Å². The van der Waals surface area contributed by atoms with E-state index in [4.69, 9.17) is 16.3 Å². The van der Waals surface area contributed by atoms with Gasteiger partial charge in [0.2, 0.25) is 11.8 Å². The van der Waals surface area contributed by atoms with Crippen LogP contribution in [0.1, 0.15) is 31.9 Å². The maximum atomic E-state index is 13.9. The van der Waals surface area contributed by atoms with E-state index in [0.29, 0.717) is 16.9 Å². The smallest absolute Gasteiger partial charge is 0.243 e. The highest BCUT2D eigenvalue weighted by molar-refractivity contribution is 7.99. The molecule has 1 unspecified atom stereocenters. The Bertz CT molecular complexity index is 1270. The zero-order valence-electron chi connectivity index (χ0n) is 21.8. The van der Waals surface area contributed by atoms with E-state index in [9.17, 15) is 27.2 Å². The monoisotopic (exact) mass is 586 g/mol. The molecule has 0 aliphatic carbocycles. The molecular weight excluding hydrogens is 555 g/mol. The summed E-state index contributed by atoms with van der Waals surface area (Å²) in [4.78, 5) is 38.3. The molecule has 0 bridgehead atoms. The zero-order valence-corrected chi connectivity index (χ0v) is 24.2. The normalized spacial score (nSPS) is 13.1. The number of ketones is 1. The number of amides is 2. The summed E-state index contributed by atoms with van der Waals surface area (Å²) >= 11 is 7.20. The second kappa shape index (κ2) is 14.0. The molecule has 0 saturated carbocycles. The highest BCUT2D eigenvalue weighted by Gasteiger charge is 2.27. The van der Waals surface area contributed by atoms with Crippen molar-refractivity contribution in [1.29, 1.82) is 0 Å². The number of hydrogen-bond donors (Lipinski definition) is 2. The minimum Gasteiger partial charge on any atom is -0.496 e. The summed E-state index contributed by atoms with van der Waals surface area (Å²) in [5, 5.41) is 5.58. The number of sulfone groups is 1. The molecular formula is C26H32ClFN2O6S2. The van der Waals surface area contributed by atoms with Crippen molar-refractivity contribution in [3.63, 3.8) is 0 Å². The summed E-state index contributed by atoms with van der Waals surface area (Å²) in [5.41, 5.74) is 0.663. The second-order valence-electron chi connectivity index (χ2n) is 9.10. The molecule has 0 heterocycles. The summed E-state index contributed by atoms with van der Waals surface area (Å²) in [6.45, 7) is 5.03. The Hall–Kier alpha value is -2.63. The first kappa shape index (κ1) is 31.6. The quantitative estimate of drug-likeness (QED) is 0.368. The van der Waals surface area contributed by atoms with E-state index in [1.165, 1.54) is 56.1 Å². The fourth-order valence-corrected chi connectivity index (χ4v) is 5.52. The molecule has 2 N–H and O–H groups in total. The molecule has 2 aromatic rings. The average Bonchev–Trinajstić information content (AvgIpc) is 2.83. The lowest BCUT2D eigenvalue weighted by atomic mass is 10.0. The minimum absolute atomic E-state index is 0.0291. The molecule has 0 fully saturated rings. The van der Waals surface area contributed by atoms with Gasteiger partial charge in [0.05, 0.1) is 30.2 Å². The SMILES string of the molecule is COc1ccc(S(C)(=O)=O)cc1CC(=O)NC(C(=O)N[C@@H](C)C(=O)CSCc1c(F)cccc1Cl)C(C)C. The van der Waals surface area contributed by atoms with Gasteiger partial charge in [-0.3, -0.25) is 14.4 Å². The average molecular weight is 587 g/mol. The molecule has 2 aromatic carbocycles. The molecule has 208 valence electrons. The van der Waals surface area contributed by atoms with Crippen molar-refractivity contribution in [2.24, 2.45) is 5.92 Å². The molecule has 8 nitrogen and oxygen atoms in total.